The molecule has 1 heterocycles. The van der Waals surface area contributed by atoms with Crippen LogP contribution in [0.1, 0.15) is 37.9 Å². The second-order valence-corrected chi connectivity index (χ2v) is 3.62. The van der Waals surface area contributed by atoms with E-state index in [-0.39, 0.29) is 11.8 Å². The van der Waals surface area contributed by atoms with Crippen molar-refractivity contribution in [2.45, 2.75) is 44.9 Å². The predicted octanol–water partition coefficient (Wildman–Crippen LogP) is 2.05. The molecule has 1 rings (SSSR count). The van der Waals surface area contributed by atoms with E-state index in [1.807, 2.05) is 13.8 Å². The number of aliphatic hydroxyl groups excluding tert-OH is 1. The van der Waals surface area contributed by atoms with E-state index in [4.69, 9.17) is 5.11 Å². The molecule has 0 aromatic carbocycles. The highest BCUT2D eigenvalue weighted by molar-refractivity contribution is 4.94. The number of rotatable bonds is 4. The maximum atomic E-state index is 12.0. The van der Waals surface area contributed by atoms with Crippen molar-refractivity contribution in [1.82, 2.24) is 10.1 Å². The summed E-state index contributed by atoms with van der Waals surface area (Å²) in [6.07, 6.45) is -7.06. The van der Waals surface area contributed by atoms with E-state index in [1.165, 1.54) is 0 Å². The van der Waals surface area contributed by atoms with Crippen molar-refractivity contribution in [2.75, 3.05) is 0 Å². The Morgan fingerprint density at radius 3 is 2.56 bits per heavy atom. The Kier molecular flexibility index (Phi) is 3.90. The van der Waals surface area contributed by atoms with Gasteiger partial charge in [-0.05, 0) is 6.42 Å². The number of hydrogen-bond acceptors (Lipinski definition) is 4. The molecule has 0 aliphatic rings. The number of aliphatic hydroxyl groups is 1. The van der Waals surface area contributed by atoms with Gasteiger partial charge in [0.05, 0.1) is 6.42 Å². The first-order chi connectivity index (χ1) is 7.34. The van der Waals surface area contributed by atoms with Crippen molar-refractivity contribution in [3.8, 4) is 0 Å². The maximum Gasteiger partial charge on any atom is 0.414 e. The molecular weight excluding hydrogens is 225 g/mol. The fourth-order valence-corrected chi connectivity index (χ4v) is 1.01. The quantitative estimate of drug-likeness (QED) is 0.872. The van der Waals surface area contributed by atoms with Gasteiger partial charge in [-0.1, -0.05) is 19.0 Å². The van der Waals surface area contributed by atoms with Crippen LogP contribution in [0, 0.1) is 0 Å². The molecule has 0 saturated carbocycles. The van der Waals surface area contributed by atoms with E-state index in [1.54, 1.807) is 0 Å². The summed E-state index contributed by atoms with van der Waals surface area (Å²) in [5, 5.41) is 12.3. The lowest BCUT2D eigenvalue weighted by molar-refractivity contribution is -0.204. The van der Waals surface area contributed by atoms with Gasteiger partial charge in [0.1, 0.15) is 0 Å². The molecule has 0 bridgehead atoms. The molecule has 0 fully saturated rings. The van der Waals surface area contributed by atoms with Crippen molar-refractivity contribution in [1.29, 1.82) is 0 Å². The lowest BCUT2D eigenvalue weighted by Crippen LogP contribution is -2.30. The van der Waals surface area contributed by atoms with Crippen LogP contribution in [-0.4, -0.2) is 27.5 Å². The Bertz CT molecular complexity index is 338. The molecule has 0 saturated heterocycles. The fourth-order valence-electron chi connectivity index (χ4n) is 1.01. The first-order valence-corrected chi connectivity index (χ1v) is 4.91. The van der Waals surface area contributed by atoms with Gasteiger partial charge >= 0.3 is 6.18 Å². The fraction of sp³-hybridized carbons (Fsp3) is 0.778. The molecule has 0 aliphatic heterocycles. The molecule has 16 heavy (non-hydrogen) atoms. The zero-order valence-electron chi connectivity index (χ0n) is 8.95. The zero-order valence-corrected chi connectivity index (χ0v) is 8.95. The third-order valence-corrected chi connectivity index (χ3v) is 2.28. The van der Waals surface area contributed by atoms with Gasteiger partial charge in [0.15, 0.2) is 11.9 Å². The highest BCUT2D eigenvalue weighted by Gasteiger charge is 2.39. The topological polar surface area (TPSA) is 59.2 Å². The summed E-state index contributed by atoms with van der Waals surface area (Å²) in [6.45, 7) is 3.75. The first kappa shape index (κ1) is 13.0. The van der Waals surface area contributed by atoms with Gasteiger partial charge in [-0.15, -0.1) is 0 Å². The third-order valence-electron chi connectivity index (χ3n) is 2.28. The number of alkyl halides is 3. The van der Waals surface area contributed by atoms with Gasteiger partial charge in [0.25, 0.3) is 0 Å². The Labute approximate surface area is 90.5 Å². The minimum Gasteiger partial charge on any atom is -0.383 e. The van der Waals surface area contributed by atoms with Crippen LogP contribution in [-0.2, 0) is 6.42 Å². The van der Waals surface area contributed by atoms with Gasteiger partial charge in [-0.25, -0.2) is 0 Å². The largest absolute Gasteiger partial charge is 0.414 e. The average Bonchev–Trinajstić information content (AvgIpc) is 2.63. The van der Waals surface area contributed by atoms with Crippen LogP contribution in [0.2, 0.25) is 0 Å². The number of aromatic nitrogens is 2. The summed E-state index contributed by atoms with van der Waals surface area (Å²) in [4.78, 5) is 3.80. The van der Waals surface area contributed by atoms with Crippen LogP contribution in [0.15, 0.2) is 4.52 Å². The maximum absolute atomic E-state index is 12.0. The molecule has 0 aliphatic carbocycles. The molecule has 2 atom stereocenters. The van der Waals surface area contributed by atoms with Gasteiger partial charge in [0.2, 0.25) is 5.89 Å². The van der Waals surface area contributed by atoms with E-state index >= 15 is 0 Å². The van der Waals surface area contributed by atoms with Crippen LogP contribution in [0.5, 0.6) is 0 Å². The summed E-state index contributed by atoms with van der Waals surface area (Å²) in [7, 11) is 0. The predicted molar refractivity (Wildman–Crippen MR) is 48.8 cm³/mol. The molecule has 1 aromatic heterocycles. The SMILES string of the molecule is CCC(C)c1noc(CC(O)C(F)(F)F)n1. The molecule has 92 valence electrons. The highest BCUT2D eigenvalue weighted by atomic mass is 19.4. The molecule has 0 spiro atoms. The first-order valence-electron chi connectivity index (χ1n) is 4.91. The molecule has 1 N–H and O–H groups in total. The molecular formula is C9H13F3N2O2. The Balaban J connectivity index is 2.66. The summed E-state index contributed by atoms with van der Waals surface area (Å²) < 4.78 is 40.7. The Morgan fingerprint density at radius 2 is 2.06 bits per heavy atom. The van der Waals surface area contributed by atoms with Gasteiger partial charge in [0, 0.05) is 5.92 Å². The summed E-state index contributed by atoms with van der Waals surface area (Å²) in [5.41, 5.74) is 0. The normalized spacial score (nSPS) is 16.1. The minimum absolute atomic E-state index is 0.0283. The van der Waals surface area contributed by atoms with Crippen molar-refractivity contribution in [3.05, 3.63) is 11.7 Å². The standard InChI is InChI=1S/C9H13F3N2O2/c1-3-5(2)8-13-7(16-14-8)4-6(15)9(10,11)12/h5-6,15H,3-4H2,1-2H3. The van der Waals surface area contributed by atoms with Gasteiger partial charge < -0.3 is 9.63 Å². The van der Waals surface area contributed by atoms with Crippen LogP contribution < -0.4 is 0 Å². The van der Waals surface area contributed by atoms with Crippen molar-refractivity contribution < 1.29 is 22.8 Å². The molecule has 1 aromatic rings. The average molecular weight is 238 g/mol. The summed E-state index contributed by atoms with van der Waals surface area (Å²) >= 11 is 0. The summed E-state index contributed by atoms with van der Waals surface area (Å²) in [5.74, 6) is 0.201. The van der Waals surface area contributed by atoms with Crippen molar-refractivity contribution in [3.63, 3.8) is 0 Å². The number of nitrogens with zero attached hydrogens (tertiary/aromatic N) is 2. The molecule has 4 nitrogen and oxygen atoms in total. The van der Waals surface area contributed by atoms with E-state index in [2.05, 4.69) is 14.7 Å². The van der Waals surface area contributed by atoms with Gasteiger partial charge in [-0.3, -0.25) is 0 Å². The van der Waals surface area contributed by atoms with Crippen LogP contribution in [0.3, 0.4) is 0 Å². The van der Waals surface area contributed by atoms with E-state index in [0.29, 0.717) is 5.82 Å². The lowest BCUT2D eigenvalue weighted by Gasteiger charge is -2.11. The van der Waals surface area contributed by atoms with Crippen LogP contribution in [0.25, 0.3) is 0 Å². The second-order valence-electron chi connectivity index (χ2n) is 3.62. The summed E-state index contributed by atoms with van der Waals surface area (Å²) in [6, 6.07) is 0. The smallest absolute Gasteiger partial charge is 0.383 e. The molecule has 7 heteroatoms. The van der Waals surface area contributed by atoms with E-state index < -0.39 is 18.7 Å². The Hall–Kier alpha value is -1.11. The Morgan fingerprint density at radius 1 is 1.44 bits per heavy atom. The molecule has 0 amide bonds. The van der Waals surface area contributed by atoms with Crippen molar-refractivity contribution in [2.24, 2.45) is 0 Å². The monoisotopic (exact) mass is 238 g/mol. The second kappa shape index (κ2) is 4.82. The van der Waals surface area contributed by atoms with Crippen LogP contribution in [0.4, 0.5) is 13.2 Å². The van der Waals surface area contributed by atoms with E-state index in [0.717, 1.165) is 6.42 Å². The van der Waals surface area contributed by atoms with E-state index in [9.17, 15) is 13.2 Å². The van der Waals surface area contributed by atoms with Crippen molar-refractivity contribution >= 4 is 0 Å². The third kappa shape index (κ3) is 3.19. The molecule has 2 unspecified atom stereocenters. The van der Waals surface area contributed by atoms with Gasteiger partial charge in [-0.2, -0.15) is 18.2 Å². The lowest BCUT2D eigenvalue weighted by atomic mass is 10.1. The minimum atomic E-state index is -4.66. The molecule has 0 radical (unpaired) electrons. The number of hydrogen-bond donors (Lipinski definition) is 1. The number of halogens is 3. The van der Waals surface area contributed by atoms with Crippen LogP contribution >= 0.6 is 0 Å². The highest BCUT2D eigenvalue weighted by Crippen LogP contribution is 2.23. The zero-order chi connectivity index (χ0) is 12.3.